The summed E-state index contributed by atoms with van der Waals surface area (Å²) in [5.41, 5.74) is -0.224. The maximum atomic E-state index is 12.6. The Bertz CT molecular complexity index is 360. The van der Waals surface area contributed by atoms with Crippen LogP contribution in [0.3, 0.4) is 0 Å². The van der Waals surface area contributed by atoms with Crippen molar-refractivity contribution in [1.29, 1.82) is 5.26 Å². The molecule has 0 fully saturated rings. The highest BCUT2D eigenvalue weighted by atomic mass is 19.3. The maximum Gasteiger partial charge on any atom is 0.269 e. The van der Waals surface area contributed by atoms with Crippen molar-refractivity contribution >= 4 is 0 Å². The van der Waals surface area contributed by atoms with Gasteiger partial charge in [-0.3, -0.25) is 4.98 Å². The number of hydrogen-bond acceptors (Lipinski definition) is 3. The van der Waals surface area contributed by atoms with Crippen LogP contribution in [0.4, 0.5) is 8.78 Å². The standard InChI is InChI=1S/C9H8F2N2O/c1-14-7-3-5-13-6(2-4-12)8(7)9(10)11/h3,5,9H,2H2,1H3. The first kappa shape index (κ1) is 10.4. The van der Waals surface area contributed by atoms with E-state index in [1.54, 1.807) is 6.07 Å². The molecule has 74 valence electrons. The van der Waals surface area contributed by atoms with Crippen LogP contribution >= 0.6 is 0 Å². The number of pyridine rings is 1. The van der Waals surface area contributed by atoms with Crippen molar-refractivity contribution in [2.75, 3.05) is 7.11 Å². The Morgan fingerprint density at radius 3 is 2.86 bits per heavy atom. The molecule has 0 radical (unpaired) electrons. The summed E-state index contributed by atoms with van der Waals surface area (Å²) in [5.74, 6) is 0.0697. The Balaban J connectivity index is 3.22. The van der Waals surface area contributed by atoms with Crippen LogP contribution in [-0.2, 0) is 6.42 Å². The van der Waals surface area contributed by atoms with Crippen molar-refractivity contribution in [1.82, 2.24) is 4.98 Å². The molecular formula is C9H8F2N2O. The molecule has 1 heterocycles. The van der Waals surface area contributed by atoms with Gasteiger partial charge in [0.15, 0.2) is 0 Å². The molecule has 0 bridgehead atoms. The summed E-state index contributed by atoms with van der Waals surface area (Å²) >= 11 is 0. The van der Waals surface area contributed by atoms with E-state index in [1.165, 1.54) is 19.4 Å². The lowest BCUT2D eigenvalue weighted by Crippen LogP contribution is -2.01. The smallest absolute Gasteiger partial charge is 0.269 e. The molecule has 1 rings (SSSR count). The molecule has 0 aliphatic carbocycles. The Kier molecular flexibility index (Phi) is 3.35. The van der Waals surface area contributed by atoms with E-state index < -0.39 is 6.43 Å². The van der Waals surface area contributed by atoms with Crippen molar-refractivity contribution in [2.45, 2.75) is 12.8 Å². The van der Waals surface area contributed by atoms with Crippen LogP contribution in [0.5, 0.6) is 5.75 Å². The van der Waals surface area contributed by atoms with Crippen LogP contribution < -0.4 is 4.74 Å². The van der Waals surface area contributed by atoms with Crippen molar-refractivity contribution in [3.05, 3.63) is 23.5 Å². The number of halogens is 2. The van der Waals surface area contributed by atoms with Crippen molar-refractivity contribution in [3.8, 4) is 11.8 Å². The number of hydrogen-bond donors (Lipinski definition) is 0. The van der Waals surface area contributed by atoms with Crippen molar-refractivity contribution in [2.24, 2.45) is 0 Å². The molecule has 1 aromatic heterocycles. The van der Waals surface area contributed by atoms with Gasteiger partial charge in [-0.15, -0.1) is 0 Å². The molecule has 0 N–H and O–H groups in total. The fourth-order valence-corrected chi connectivity index (χ4v) is 1.12. The van der Waals surface area contributed by atoms with Gasteiger partial charge in [-0.05, 0) is 6.07 Å². The summed E-state index contributed by atoms with van der Waals surface area (Å²) in [6.07, 6.45) is -1.48. The lowest BCUT2D eigenvalue weighted by molar-refractivity contribution is 0.145. The highest BCUT2D eigenvalue weighted by Crippen LogP contribution is 2.30. The number of nitrogens with zero attached hydrogens (tertiary/aromatic N) is 2. The van der Waals surface area contributed by atoms with Crippen LogP contribution in [0.2, 0.25) is 0 Å². The van der Waals surface area contributed by atoms with Gasteiger partial charge in [0.25, 0.3) is 6.43 Å². The molecule has 0 aliphatic heterocycles. The Hall–Kier alpha value is -1.70. The number of rotatable bonds is 3. The molecule has 5 heteroatoms. The van der Waals surface area contributed by atoms with Crippen molar-refractivity contribution < 1.29 is 13.5 Å². The molecule has 0 aromatic carbocycles. The molecule has 0 aliphatic rings. The van der Waals surface area contributed by atoms with Crippen LogP contribution in [0.15, 0.2) is 12.3 Å². The second-order valence-corrected chi connectivity index (χ2v) is 2.51. The fraction of sp³-hybridized carbons (Fsp3) is 0.333. The average molecular weight is 198 g/mol. The summed E-state index contributed by atoms with van der Waals surface area (Å²) < 4.78 is 29.9. The van der Waals surface area contributed by atoms with Gasteiger partial charge in [0, 0.05) is 6.20 Å². The zero-order chi connectivity index (χ0) is 10.6. The van der Waals surface area contributed by atoms with Gasteiger partial charge >= 0.3 is 0 Å². The third-order valence-corrected chi connectivity index (χ3v) is 1.72. The van der Waals surface area contributed by atoms with Crippen LogP contribution in [0, 0.1) is 11.3 Å². The van der Waals surface area contributed by atoms with Gasteiger partial charge in [-0.1, -0.05) is 0 Å². The zero-order valence-corrected chi connectivity index (χ0v) is 7.50. The first-order valence-corrected chi connectivity index (χ1v) is 3.87. The van der Waals surface area contributed by atoms with E-state index in [-0.39, 0.29) is 23.4 Å². The summed E-state index contributed by atoms with van der Waals surface area (Å²) in [6, 6.07) is 3.13. The summed E-state index contributed by atoms with van der Waals surface area (Å²) in [7, 11) is 1.30. The second kappa shape index (κ2) is 4.51. The largest absolute Gasteiger partial charge is 0.496 e. The molecule has 0 atom stereocenters. The predicted molar refractivity (Wildman–Crippen MR) is 45.1 cm³/mol. The lowest BCUT2D eigenvalue weighted by Gasteiger charge is -2.09. The number of ether oxygens (including phenoxy) is 1. The topological polar surface area (TPSA) is 45.9 Å². The molecule has 0 saturated heterocycles. The molecule has 0 spiro atoms. The number of alkyl halides is 2. The Morgan fingerprint density at radius 1 is 1.64 bits per heavy atom. The van der Waals surface area contributed by atoms with Gasteiger partial charge in [0.2, 0.25) is 0 Å². The lowest BCUT2D eigenvalue weighted by atomic mass is 10.1. The van der Waals surface area contributed by atoms with Gasteiger partial charge < -0.3 is 4.74 Å². The minimum Gasteiger partial charge on any atom is -0.496 e. The fourth-order valence-electron chi connectivity index (χ4n) is 1.12. The quantitative estimate of drug-likeness (QED) is 0.747. The van der Waals surface area contributed by atoms with E-state index in [0.717, 1.165) is 0 Å². The van der Waals surface area contributed by atoms with Gasteiger partial charge in [-0.25, -0.2) is 8.78 Å². The number of nitriles is 1. The molecule has 1 aromatic rings. The first-order chi connectivity index (χ1) is 6.70. The molecule has 0 amide bonds. The van der Waals surface area contributed by atoms with Gasteiger partial charge in [0.05, 0.1) is 30.9 Å². The van der Waals surface area contributed by atoms with E-state index in [4.69, 9.17) is 10.00 Å². The molecule has 0 unspecified atom stereocenters. The van der Waals surface area contributed by atoms with Gasteiger partial charge in [-0.2, -0.15) is 5.26 Å². The Labute approximate surface area is 79.9 Å². The van der Waals surface area contributed by atoms with E-state index in [1.807, 2.05) is 0 Å². The molecule has 3 nitrogen and oxygen atoms in total. The van der Waals surface area contributed by atoms with E-state index in [2.05, 4.69) is 4.98 Å². The predicted octanol–water partition coefficient (Wildman–Crippen LogP) is 2.09. The highest BCUT2D eigenvalue weighted by Gasteiger charge is 2.19. The minimum absolute atomic E-state index is 0.0697. The summed E-state index contributed by atoms with van der Waals surface area (Å²) in [6.45, 7) is 0. The van der Waals surface area contributed by atoms with Crippen molar-refractivity contribution in [3.63, 3.8) is 0 Å². The third-order valence-electron chi connectivity index (χ3n) is 1.72. The van der Waals surface area contributed by atoms with Crippen LogP contribution in [0.25, 0.3) is 0 Å². The van der Waals surface area contributed by atoms with E-state index >= 15 is 0 Å². The van der Waals surface area contributed by atoms with E-state index in [0.29, 0.717) is 0 Å². The highest BCUT2D eigenvalue weighted by molar-refractivity contribution is 5.37. The molecule has 0 saturated carbocycles. The summed E-state index contributed by atoms with van der Waals surface area (Å²) in [5, 5.41) is 8.41. The minimum atomic E-state index is -2.68. The number of methoxy groups -OCH3 is 1. The van der Waals surface area contributed by atoms with Gasteiger partial charge in [0.1, 0.15) is 5.75 Å². The average Bonchev–Trinajstić information content (AvgIpc) is 2.17. The molecular weight excluding hydrogens is 190 g/mol. The first-order valence-electron chi connectivity index (χ1n) is 3.87. The zero-order valence-electron chi connectivity index (χ0n) is 7.50. The second-order valence-electron chi connectivity index (χ2n) is 2.51. The summed E-state index contributed by atoms with van der Waals surface area (Å²) in [4.78, 5) is 3.72. The molecule has 14 heavy (non-hydrogen) atoms. The van der Waals surface area contributed by atoms with Crippen LogP contribution in [-0.4, -0.2) is 12.1 Å². The third kappa shape index (κ3) is 1.96. The van der Waals surface area contributed by atoms with Crippen LogP contribution in [0.1, 0.15) is 17.7 Å². The Morgan fingerprint density at radius 2 is 2.36 bits per heavy atom. The monoisotopic (exact) mass is 198 g/mol. The number of aromatic nitrogens is 1. The normalized spacial score (nSPS) is 9.93. The maximum absolute atomic E-state index is 12.6. The van der Waals surface area contributed by atoms with E-state index in [9.17, 15) is 8.78 Å². The SMILES string of the molecule is COc1ccnc(CC#N)c1C(F)F.